The number of hydrogen-bond acceptors (Lipinski definition) is 4. The van der Waals surface area contributed by atoms with Crippen molar-refractivity contribution in [1.82, 2.24) is 19.1 Å². The first-order chi connectivity index (χ1) is 13.3. The molecule has 0 aliphatic rings. The third kappa shape index (κ3) is 2.74. The fraction of sp³-hybridized carbons (Fsp3) is 0.200. The molecule has 0 atom stereocenters. The molecule has 0 spiro atoms. The second-order valence-electron chi connectivity index (χ2n) is 6.77. The van der Waals surface area contributed by atoms with Gasteiger partial charge in [-0.1, -0.05) is 0 Å². The molecule has 0 saturated heterocycles. The highest BCUT2D eigenvalue weighted by atomic mass is 19.1. The van der Waals surface area contributed by atoms with Crippen LogP contribution in [0, 0.1) is 19.7 Å². The molecule has 4 aromatic rings. The average molecular weight is 379 g/mol. The predicted molar refractivity (Wildman–Crippen MR) is 105 cm³/mol. The summed E-state index contributed by atoms with van der Waals surface area (Å²) < 4.78 is 17.1. The maximum Gasteiger partial charge on any atom is 0.328 e. The zero-order chi connectivity index (χ0) is 20.2. The number of amides is 1. The molecule has 1 amide bonds. The number of carbonyl (C=O) groups is 1. The number of rotatable bonds is 2. The van der Waals surface area contributed by atoms with Crippen molar-refractivity contribution >= 4 is 33.7 Å². The van der Waals surface area contributed by atoms with Crippen molar-refractivity contribution in [2.45, 2.75) is 13.8 Å². The minimum absolute atomic E-state index is 0.104. The van der Waals surface area contributed by atoms with E-state index in [-0.39, 0.29) is 11.3 Å². The number of aryl methyl sites for hydroxylation is 4. The number of anilines is 1. The van der Waals surface area contributed by atoms with Gasteiger partial charge in [0, 0.05) is 25.8 Å². The summed E-state index contributed by atoms with van der Waals surface area (Å²) in [5.74, 6) is -1.06. The van der Waals surface area contributed by atoms with Crippen LogP contribution in [-0.4, -0.2) is 25.0 Å². The lowest BCUT2D eigenvalue weighted by Crippen LogP contribution is -2.19. The molecule has 0 bridgehead atoms. The third-order valence-electron chi connectivity index (χ3n) is 4.92. The maximum atomic E-state index is 14.0. The van der Waals surface area contributed by atoms with Crippen molar-refractivity contribution in [3.8, 4) is 0 Å². The summed E-state index contributed by atoms with van der Waals surface area (Å²) in [6, 6.07) is 7.57. The molecule has 2 aromatic heterocycles. The topological polar surface area (TPSA) is 81.8 Å². The fourth-order valence-corrected chi connectivity index (χ4v) is 3.25. The smallest absolute Gasteiger partial charge is 0.322 e. The molecule has 0 unspecified atom stereocenters. The highest BCUT2D eigenvalue weighted by molar-refractivity contribution is 6.11. The van der Waals surface area contributed by atoms with Gasteiger partial charge in [0.25, 0.3) is 5.91 Å². The van der Waals surface area contributed by atoms with Crippen molar-refractivity contribution in [2.24, 2.45) is 14.1 Å². The Kier molecular flexibility index (Phi) is 3.99. The second-order valence-corrected chi connectivity index (χ2v) is 6.77. The summed E-state index contributed by atoms with van der Waals surface area (Å²) in [5.41, 5.74) is 3.90. The lowest BCUT2D eigenvalue weighted by molar-refractivity contribution is 0.102. The average Bonchev–Trinajstić information content (AvgIpc) is 2.86. The van der Waals surface area contributed by atoms with Crippen molar-refractivity contribution in [1.29, 1.82) is 0 Å². The van der Waals surface area contributed by atoms with Crippen LogP contribution in [0.2, 0.25) is 0 Å². The van der Waals surface area contributed by atoms with Gasteiger partial charge in [0.1, 0.15) is 11.3 Å². The number of hydrogen-bond donors (Lipinski definition) is 1. The van der Waals surface area contributed by atoms with E-state index in [1.807, 2.05) is 0 Å². The van der Waals surface area contributed by atoms with Crippen molar-refractivity contribution < 1.29 is 9.18 Å². The zero-order valence-electron chi connectivity index (χ0n) is 15.9. The summed E-state index contributed by atoms with van der Waals surface area (Å²) >= 11 is 0. The molecule has 2 aromatic carbocycles. The SMILES string of the molecule is Cc1nc2cc(F)cc(C(=O)Nc3ccc4c(c3)n(C)c(=O)n4C)c2nc1C. The predicted octanol–water partition coefficient (Wildman–Crippen LogP) is 2.83. The minimum Gasteiger partial charge on any atom is -0.322 e. The zero-order valence-corrected chi connectivity index (χ0v) is 15.9. The van der Waals surface area contributed by atoms with Crippen LogP contribution in [-0.2, 0) is 14.1 Å². The molecule has 1 N–H and O–H groups in total. The van der Waals surface area contributed by atoms with Gasteiger partial charge in [0.15, 0.2) is 0 Å². The minimum atomic E-state index is -0.559. The number of aromatic nitrogens is 4. The van der Waals surface area contributed by atoms with Gasteiger partial charge in [-0.05, 0) is 38.1 Å². The molecule has 28 heavy (non-hydrogen) atoms. The third-order valence-corrected chi connectivity index (χ3v) is 4.92. The highest BCUT2D eigenvalue weighted by Gasteiger charge is 2.17. The molecule has 8 heteroatoms. The van der Waals surface area contributed by atoms with Crippen molar-refractivity contribution in [3.63, 3.8) is 0 Å². The number of halogens is 1. The number of fused-ring (bicyclic) bond motifs is 2. The Bertz CT molecular complexity index is 1340. The van der Waals surface area contributed by atoms with Crippen molar-refractivity contribution in [3.05, 3.63) is 63.6 Å². The lowest BCUT2D eigenvalue weighted by atomic mass is 10.1. The van der Waals surface area contributed by atoms with E-state index >= 15 is 0 Å². The van der Waals surface area contributed by atoms with Gasteiger partial charge in [-0.2, -0.15) is 0 Å². The highest BCUT2D eigenvalue weighted by Crippen LogP contribution is 2.22. The lowest BCUT2D eigenvalue weighted by Gasteiger charge is -2.10. The molecule has 0 fully saturated rings. The number of nitrogens with zero attached hydrogens (tertiary/aromatic N) is 4. The number of benzene rings is 2. The molecule has 0 aliphatic carbocycles. The molecule has 0 radical (unpaired) electrons. The largest absolute Gasteiger partial charge is 0.328 e. The molecule has 2 heterocycles. The van der Waals surface area contributed by atoms with Gasteiger partial charge in [0.05, 0.1) is 33.5 Å². The van der Waals surface area contributed by atoms with E-state index in [0.29, 0.717) is 33.6 Å². The van der Waals surface area contributed by atoms with E-state index in [4.69, 9.17) is 0 Å². The van der Waals surface area contributed by atoms with Crippen LogP contribution in [0.25, 0.3) is 22.1 Å². The van der Waals surface area contributed by atoms with Crippen LogP contribution in [0.5, 0.6) is 0 Å². The van der Waals surface area contributed by atoms with Crippen LogP contribution >= 0.6 is 0 Å². The van der Waals surface area contributed by atoms with Gasteiger partial charge in [-0.3, -0.25) is 13.9 Å². The van der Waals surface area contributed by atoms with Crippen LogP contribution in [0.4, 0.5) is 10.1 Å². The van der Waals surface area contributed by atoms with E-state index in [1.54, 1.807) is 46.1 Å². The van der Waals surface area contributed by atoms with Gasteiger partial charge in [-0.25, -0.2) is 19.2 Å². The Hall–Kier alpha value is -3.55. The summed E-state index contributed by atoms with van der Waals surface area (Å²) in [5, 5.41) is 2.76. The summed E-state index contributed by atoms with van der Waals surface area (Å²) in [6.45, 7) is 3.57. The monoisotopic (exact) mass is 379 g/mol. The molecule has 0 saturated carbocycles. The van der Waals surface area contributed by atoms with Crippen LogP contribution < -0.4 is 11.0 Å². The van der Waals surface area contributed by atoms with Crippen LogP contribution in [0.3, 0.4) is 0 Å². The summed E-state index contributed by atoms with van der Waals surface area (Å²) in [4.78, 5) is 33.7. The summed E-state index contributed by atoms with van der Waals surface area (Å²) in [7, 11) is 3.35. The molecular formula is C20H18FN5O2. The maximum absolute atomic E-state index is 14.0. The van der Waals surface area contributed by atoms with E-state index in [9.17, 15) is 14.0 Å². The number of imidazole rings is 1. The Morgan fingerprint density at radius 2 is 1.68 bits per heavy atom. The van der Waals surface area contributed by atoms with E-state index in [2.05, 4.69) is 15.3 Å². The van der Waals surface area contributed by atoms with Gasteiger partial charge >= 0.3 is 5.69 Å². The fourth-order valence-electron chi connectivity index (χ4n) is 3.25. The molecule has 4 rings (SSSR count). The first kappa shape index (κ1) is 17.8. The molecule has 7 nitrogen and oxygen atoms in total. The van der Waals surface area contributed by atoms with Gasteiger partial charge in [-0.15, -0.1) is 0 Å². The Labute approximate surface area is 159 Å². The molecular weight excluding hydrogens is 361 g/mol. The first-order valence-corrected chi connectivity index (χ1v) is 8.67. The summed E-state index contributed by atoms with van der Waals surface area (Å²) in [6.07, 6.45) is 0. The van der Waals surface area contributed by atoms with Crippen LogP contribution in [0.1, 0.15) is 21.7 Å². The van der Waals surface area contributed by atoms with Crippen LogP contribution in [0.15, 0.2) is 35.1 Å². The first-order valence-electron chi connectivity index (χ1n) is 8.67. The second kappa shape index (κ2) is 6.26. The van der Waals surface area contributed by atoms with Gasteiger partial charge in [0.2, 0.25) is 0 Å². The molecule has 0 aliphatic heterocycles. The Balaban J connectivity index is 1.79. The number of carbonyl (C=O) groups excluding carboxylic acids is 1. The Morgan fingerprint density at radius 1 is 1.00 bits per heavy atom. The van der Waals surface area contributed by atoms with E-state index in [0.717, 1.165) is 11.6 Å². The quantitative estimate of drug-likeness (QED) is 0.581. The van der Waals surface area contributed by atoms with E-state index in [1.165, 1.54) is 15.2 Å². The standard InChI is InChI=1S/C20H18FN5O2/c1-10-11(2)23-18-14(7-12(21)8-15(18)22-10)19(27)24-13-5-6-16-17(9-13)26(4)20(28)25(16)3/h5-9H,1-4H3,(H,24,27). The normalized spacial score (nSPS) is 11.3. The van der Waals surface area contributed by atoms with Crippen molar-refractivity contribution in [2.75, 3.05) is 5.32 Å². The molecule has 142 valence electrons. The number of nitrogens with one attached hydrogen (secondary N) is 1. The Morgan fingerprint density at radius 3 is 2.43 bits per heavy atom. The van der Waals surface area contributed by atoms with Gasteiger partial charge < -0.3 is 5.32 Å². The van der Waals surface area contributed by atoms with E-state index < -0.39 is 11.7 Å².